The van der Waals surface area contributed by atoms with E-state index in [1.165, 1.54) is 30.3 Å². The van der Waals surface area contributed by atoms with Gasteiger partial charge in [0.2, 0.25) is 0 Å². The third kappa shape index (κ3) is 2.52. The van der Waals surface area contributed by atoms with Crippen molar-refractivity contribution in [2.45, 2.75) is 0 Å². The van der Waals surface area contributed by atoms with Crippen LogP contribution in [0.3, 0.4) is 0 Å². The van der Waals surface area contributed by atoms with Crippen LogP contribution in [-0.4, -0.2) is 27.1 Å². The van der Waals surface area contributed by atoms with Crippen LogP contribution in [0.1, 0.15) is 20.8 Å². The van der Waals surface area contributed by atoms with E-state index in [2.05, 4.69) is 4.98 Å². The van der Waals surface area contributed by atoms with Crippen LogP contribution in [0.25, 0.3) is 11.1 Å². The summed E-state index contributed by atoms with van der Waals surface area (Å²) in [5, 5.41) is 17.9. The molecule has 1 aromatic carbocycles. The van der Waals surface area contributed by atoms with Gasteiger partial charge in [-0.1, -0.05) is 12.1 Å². The standard InChI is InChI=1S/C13H10N2O4/c14-10-6-5-9(11(15-10)13(18)19)7-1-3-8(4-2-7)12(16)17/h1-6H,(H2,14,15)(H,16,17)(H,18,19). The molecule has 2 aromatic rings. The molecule has 0 aliphatic rings. The Morgan fingerprint density at radius 1 is 0.947 bits per heavy atom. The van der Waals surface area contributed by atoms with Crippen LogP contribution in [0.5, 0.6) is 0 Å². The molecule has 6 nitrogen and oxygen atoms in total. The predicted molar refractivity (Wildman–Crippen MR) is 68.0 cm³/mol. The number of carbonyl (C=O) groups is 2. The zero-order valence-electron chi connectivity index (χ0n) is 9.70. The summed E-state index contributed by atoms with van der Waals surface area (Å²) in [4.78, 5) is 25.6. The Balaban J connectivity index is 2.52. The Bertz CT molecular complexity index is 650. The van der Waals surface area contributed by atoms with E-state index in [0.29, 0.717) is 11.1 Å². The average molecular weight is 258 g/mol. The third-order valence-electron chi connectivity index (χ3n) is 2.56. The molecule has 0 unspecified atom stereocenters. The van der Waals surface area contributed by atoms with Gasteiger partial charge in [0.15, 0.2) is 5.69 Å². The zero-order chi connectivity index (χ0) is 14.0. The highest BCUT2D eigenvalue weighted by molar-refractivity contribution is 5.95. The van der Waals surface area contributed by atoms with Crippen molar-refractivity contribution in [2.24, 2.45) is 0 Å². The maximum atomic E-state index is 11.1. The molecule has 0 bridgehead atoms. The van der Waals surface area contributed by atoms with Gasteiger partial charge in [-0.15, -0.1) is 0 Å². The summed E-state index contributed by atoms with van der Waals surface area (Å²) in [5.41, 5.74) is 6.37. The molecule has 1 aromatic heterocycles. The Kier molecular flexibility index (Phi) is 3.15. The molecule has 6 heteroatoms. The minimum Gasteiger partial charge on any atom is -0.478 e. The molecule has 1 heterocycles. The Hall–Kier alpha value is -2.89. The second-order valence-corrected chi connectivity index (χ2v) is 3.82. The van der Waals surface area contributed by atoms with Crippen LogP contribution < -0.4 is 5.73 Å². The molecule has 0 saturated carbocycles. The fourth-order valence-corrected chi connectivity index (χ4v) is 1.66. The summed E-state index contributed by atoms with van der Waals surface area (Å²) in [5.74, 6) is -2.12. The number of carboxylic acid groups (broad SMARTS) is 2. The number of nitrogen functional groups attached to an aromatic ring is 1. The van der Waals surface area contributed by atoms with Gasteiger partial charge < -0.3 is 15.9 Å². The number of aromatic carboxylic acids is 2. The Morgan fingerprint density at radius 3 is 2.11 bits per heavy atom. The van der Waals surface area contributed by atoms with Crippen molar-refractivity contribution >= 4 is 17.8 Å². The van der Waals surface area contributed by atoms with E-state index in [1.54, 1.807) is 6.07 Å². The van der Waals surface area contributed by atoms with E-state index in [4.69, 9.17) is 15.9 Å². The van der Waals surface area contributed by atoms with Crippen LogP contribution in [0.15, 0.2) is 36.4 Å². The minimum absolute atomic E-state index is 0.114. The first kappa shape index (κ1) is 12.6. The van der Waals surface area contributed by atoms with E-state index in [0.717, 1.165) is 0 Å². The van der Waals surface area contributed by atoms with Crippen molar-refractivity contribution in [3.63, 3.8) is 0 Å². The maximum Gasteiger partial charge on any atom is 0.355 e. The average Bonchev–Trinajstić information content (AvgIpc) is 2.38. The summed E-state index contributed by atoms with van der Waals surface area (Å²) >= 11 is 0. The van der Waals surface area contributed by atoms with Gasteiger partial charge in [-0.2, -0.15) is 0 Å². The summed E-state index contributed by atoms with van der Waals surface area (Å²) < 4.78 is 0. The number of hydrogen-bond donors (Lipinski definition) is 3. The summed E-state index contributed by atoms with van der Waals surface area (Å²) in [6.07, 6.45) is 0. The van der Waals surface area contributed by atoms with Crippen LogP contribution >= 0.6 is 0 Å². The van der Waals surface area contributed by atoms with E-state index in [9.17, 15) is 9.59 Å². The van der Waals surface area contributed by atoms with Crippen molar-refractivity contribution in [1.29, 1.82) is 0 Å². The number of carboxylic acids is 2. The molecule has 0 saturated heterocycles. The smallest absolute Gasteiger partial charge is 0.355 e. The van der Waals surface area contributed by atoms with Gasteiger partial charge in [-0.3, -0.25) is 0 Å². The van der Waals surface area contributed by atoms with Crippen molar-refractivity contribution in [2.75, 3.05) is 5.73 Å². The van der Waals surface area contributed by atoms with Crippen molar-refractivity contribution in [3.05, 3.63) is 47.7 Å². The summed E-state index contributed by atoms with van der Waals surface area (Å²) in [6.45, 7) is 0. The van der Waals surface area contributed by atoms with Crippen LogP contribution in [0, 0.1) is 0 Å². The second-order valence-electron chi connectivity index (χ2n) is 3.82. The lowest BCUT2D eigenvalue weighted by atomic mass is 10.0. The highest BCUT2D eigenvalue weighted by Gasteiger charge is 2.14. The molecule has 0 atom stereocenters. The van der Waals surface area contributed by atoms with Gasteiger partial charge in [0, 0.05) is 5.56 Å². The Morgan fingerprint density at radius 2 is 1.58 bits per heavy atom. The van der Waals surface area contributed by atoms with Gasteiger partial charge in [0.25, 0.3) is 0 Å². The molecule has 0 spiro atoms. The number of benzene rings is 1. The SMILES string of the molecule is Nc1ccc(-c2ccc(C(=O)O)cc2)c(C(=O)O)n1. The first-order chi connectivity index (χ1) is 8.99. The normalized spacial score (nSPS) is 10.1. The molecule has 96 valence electrons. The number of anilines is 1. The molecular formula is C13H10N2O4. The third-order valence-corrected chi connectivity index (χ3v) is 2.56. The number of hydrogen-bond acceptors (Lipinski definition) is 4. The van der Waals surface area contributed by atoms with Crippen LogP contribution in [-0.2, 0) is 0 Å². The molecule has 19 heavy (non-hydrogen) atoms. The minimum atomic E-state index is -1.19. The lowest BCUT2D eigenvalue weighted by Crippen LogP contribution is -2.05. The Labute approximate surface area is 108 Å². The van der Waals surface area contributed by atoms with Crippen LogP contribution in [0.4, 0.5) is 5.82 Å². The molecule has 0 aliphatic carbocycles. The second kappa shape index (κ2) is 4.77. The van der Waals surface area contributed by atoms with Crippen molar-refractivity contribution in [1.82, 2.24) is 4.98 Å². The van der Waals surface area contributed by atoms with Gasteiger partial charge in [-0.05, 0) is 29.8 Å². The summed E-state index contributed by atoms with van der Waals surface area (Å²) in [7, 11) is 0. The van der Waals surface area contributed by atoms with E-state index < -0.39 is 11.9 Å². The lowest BCUT2D eigenvalue weighted by Gasteiger charge is -2.06. The van der Waals surface area contributed by atoms with Crippen LogP contribution in [0.2, 0.25) is 0 Å². The number of nitrogens with zero attached hydrogens (tertiary/aromatic N) is 1. The monoisotopic (exact) mass is 258 g/mol. The van der Waals surface area contributed by atoms with Gasteiger partial charge in [0.1, 0.15) is 5.82 Å². The molecule has 4 N–H and O–H groups in total. The topological polar surface area (TPSA) is 114 Å². The first-order valence-corrected chi connectivity index (χ1v) is 5.32. The maximum absolute atomic E-state index is 11.1. The van der Waals surface area contributed by atoms with Gasteiger partial charge >= 0.3 is 11.9 Å². The van der Waals surface area contributed by atoms with E-state index >= 15 is 0 Å². The molecule has 0 radical (unpaired) electrons. The van der Waals surface area contributed by atoms with Crippen molar-refractivity contribution in [3.8, 4) is 11.1 Å². The first-order valence-electron chi connectivity index (χ1n) is 5.32. The molecular weight excluding hydrogens is 248 g/mol. The highest BCUT2D eigenvalue weighted by Crippen LogP contribution is 2.24. The quantitative estimate of drug-likeness (QED) is 0.772. The number of pyridine rings is 1. The largest absolute Gasteiger partial charge is 0.478 e. The van der Waals surface area contributed by atoms with Crippen molar-refractivity contribution < 1.29 is 19.8 Å². The molecule has 0 amide bonds. The van der Waals surface area contributed by atoms with Gasteiger partial charge in [0.05, 0.1) is 5.56 Å². The van der Waals surface area contributed by atoms with E-state index in [1.807, 2.05) is 0 Å². The summed E-state index contributed by atoms with van der Waals surface area (Å²) in [6, 6.07) is 8.90. The molecule has 0 aliphatic heterocycles. The number of aromatic nitrogens is 1. The number of nitrogens with two attached hydrogens (primary N) is 1. The molecule has 2 rings (SSSR count). The fraction of sp³-hybridized carbons (Fsp3) is 0. The molecule has 0 fully saturated rings. The fourth-order valence-electron chi connectivity index (χ4n) is 1.66. The predicted octanol–water partition coefficient (Wildman–Crippen LogP) is 1.73. The highest BCUT2D eigenvalue weighted by atomic mass is 16.4. The lowest BCUT2D eigenvalue weighted by molar-refractivity contribution is 0.0683. The zero-order valence-corrected chi connectivity index (χ0v) is 9.70. The van der Waals surface area contributed by atoms with E-state index in [-0.39, 0.29) is 17.1 Å². The number of rotatable bonds is 3. The van der Waals surface area contributed by atoms with Gasteiger partial charge in [-0.25, -0.2) is 14.6 Å².